The van der Waals surface area contributed by atoms with Crippen molar-refractivity contribution in [3.05, 3.63) is 89.5 Å². The Labute approximate surface area is 360 Å². The summed E-state index contributed by atoms with van der Waals surface area (Å²) in [4.78, 5) is 12.4. The summed E-state index contributed by atoms with van der Waals surface area (Å²) in [7, 11) is -3.78. The van der Waals surface area contributed by atoms with Crippen molar-refractivity contribution in [2.75, 3.05) is 152 Å². The van der Waals surface area contributed by atoms with Gasteiger partial charge in [-0.15, -0.1) is 0 Å². The zero-order valence-corrected chi connectivity index (χ0v) is 36.1. The van der Waals surface area contributed by atoms with Gasteiger partial charge in [-0.3, -0.25) is 4.18 Å². The zero-order valence-electron chi connectivity index (χ0n) is 35.3. The minimum absolute atomic E-state index is 0.0289. The standard InChI is InChI=1S/C44H63NO15S/c1-37-10-12-38(13-11-37)61(47,48)60-35-34-58-33-32-57-31-30-56-29-28-55-27-26-54-25-24-53-23-22-52-21-20-51-19-18-50-17-16-49-15-14-45-44(46)59-36-43-41-8-4-2-6-39(41)40-7-3-5-9-42(40)43/h2-13,43H,14-36H2,1H3,(H,45,46). The molecule has 1 N–H and O–H groups in total. The molecule has 0 spiro atoms. The second kappa shape index (κ2) is 31.3. The predicted octanol–water partition coefficient (Wildman–Crippen LogP) is 4.41. The average Bonchev–Trinajstić information content (AvgIpc) is 3.59. The van der Waals surface area contributed by atoms with Gasteiger partial charge in [-0.25, -0.2) is 4.79 Å². The first kappa shape index (κ1) is 50.1. The number of ether oxygens (including phenoxy) is 11. The van der Waals surface area contributed by atoms with Crippen molar-refractivity contribution in [3.8, 4) is 11.1 Å². The summed E-state index contributed by atoms with van der Waals surface area (Å²) in [6.07, 6.45) is -0.460. The van der Waals surface area contributed by atoms with Gasteiger partial charge in [0.05, 0.1) is 144 Å². The molecule has 0 fully saturated rings. The highest BCUT2D eigenvalue weighted by molar-refractivity contribution is 7.86. The molecule has 0 atom stereocenters. The van der Waals surface area contributed by atoms with Crippen molar-refractivity contribution in [1.82, 2.24) is 5.32 Å². The van der Waals surface area contributed by atoms with Crippen molar-refractivity contribution >= 4 is 16.2 Å². The molecule has 0 saturated heterocycles. The van der Waals surface area contributed by atoms with Gasteiger partial charge >= 0.3 is 6.09 Å². The molecule has 1 amide bonds. The molecule has 0 heterocycles. The van der Waals surface area contributed by atoms with Gasteiger partial charge in [0, 0.05) is 12.5 Å². The summed E-state index contributed by atoms with van der Waals surface area (Å²) in [5.74, 6) is 0.0289. The maximum Gasteiger partial charge on any atom is 0.407 e. The van der Waals surface area contributed by atoms with Crippen LogP contribution in [0.25, 0.3) is 11.1 Å². The smallest absolute Gasteiger partial charge is 0.407 e. The summed E-state index contributed by atoms with van der Waals surface area (Å²) >= 11 is 0. The summed E-state index contributed by atoms with van der Waals surface area (Å²) in [5.41, 5.74) is 5.72. The Morgan fingerprint density at radius 1 is 0.475 bits per heavy atom. The zero-order chi connectivity index (χ0) is 43.1. The molecule has 0 saturated carbocycles. The number of benzene rings is 3. The molecule has 0 unspecified atom stereocenters. The highest BCUT2D eigenvalue weighted by Gasteiger charge is 2.29. The number of amides is 1. The van der Waals surface area contributed by atoms with Gasteiger partial charge in [0.1, 0.15) is 6.61 Å². The third kappa shape index (κ3) is 20.9. The average molecular weight is 878 g/mol. The Bertz CT molecular complexity index is 1670. The molecule has 1 aliphatic rings. The summed E-state index contributed by atoms with van der Waals surface area (Å²) in [6, 6.07) is 23.0. The van der Waals surface area contributed by atoms with Crippen LogP contribution in [0.1, 0.15) is 22.6 Å². The minimum atomic E-state index is -3.78. The van der Waals surface area contributed by atoms with Crippen LogP contribution in [0.15, 0.2) is 77.7 Å². The number of carbonyl (C=O) groups is 1. The first-order valence-electron chi connectivity index (χ1n) is 20.8. The van der Waals surface area contributed by atoms with Crippen LogP contribution in [0.5, 0.6) is 0 Å². The molecule has 3 aromatic carbocycles. The summed E-state index contributed by atoms with van der Waals surface area (Å²) in [5, 5.41) is 2.74. The van der Waals surface area contributed by atoms with E-state index in [1.165, 1.54) is 34.4 Å². The maximum absolute atomic E-state index is 12.3. The molecule has 340 valence electrons. The molecule has 16 nitrogen and oxygen atoms in total. The highest BCUT2D eigenvalue weighted by atomic mass is 32.2. The van der Waals surface area contributed by atoms with E-state index >= 15 is 0 Å². The van der Waals surface area contributed by atoms with Crippen molar-refractivity contribution < 1.29 is 69.5 Å². The number of hydrogen-bond donors (Lipinski definition) is 1. The van der Waals surface area contributed by atoms with Crippen molar-refractivity contribution in [2.45, 2.75) is 17.7 Å². The third-order valence-electron chi connectivity index (χ3n) is 8.98. The fourth-order valence-corrected chi connectivity index (χ4v) is 6.82. The molecule has 17 heteroatoms. The Balaban J connectivity index is 0.780. The molecule has 4 rings (SSSR count). The van der Waals surface area contributed by atoms with E-state index in [1.54, 1.807) is 12.1 Å². The normalized spacial score (nSPS) is 12.4. The molecular formula is C44H63NO15S. The van der Waals surface area contributed by atoms with E-state index in [0.717, 1.165) is 5.56 Å². The number of fused-ring (bicyclic) bond motifs is 3. The van der Waals surface area contributed by atoms with Crippen LogP contribution in [0.3, 0.4) is 0 Å². The van der Waals surface area contributed by atoms with E-state index in [-0.39, 0.29) is 30.6 Å². The monoisotopic (exact) mass is 877 g/mol. The van der Waals surface area contributed by atoms with E-state index in [9.17, 15) is 13.2 Å². The van der Waals surface area contributed by atoms with Crippen LogP contribution in [0.2, 0.25) is 0 Å². The first-order valence-corrected chi connectivity index (χ1v) is 22.2. The predicted molar refractivity (Wildman–Crippen MR) is 226 cm³/mol. The number of hydrogen-bond acceptors (Lipinski definition) is 15. The molecule has 3 aromatic rings. The van der Waals surface area contributed by atoms with E-state index in [0.29, 0.717) is 132 Å². The molecule has 0 aliphatic heterocycles. The lowest BCUT2D eigenvalue weighted by Crippen LogP contribution is -2.29. The molecular weight excluding hydrogens is 815 g/mol. The van der Waals surface area contributed by atoms with Gasteiger partial charge in [0.15, 0.2) is 0 Å². The first-order chi connectivity index (χ1) is 30.0. The van der Waals surface area contributed by atoms with Gasteiger partial charge in [-0.1, -0.05) is 66.2 Å². The van der Waals surface area contributed by atoms with Crippen LogP contribution < -0.4 is 5.32 Å². The number of nitrogens with one attached hydrogen (secondary N) is 1. The molecule has 0 aromatic heterocycles. The van der Waals surface area contributed by atoms with Crippen molar-refractivity contribution in [2.24, 2.45) is 0 Å². The Hall–Kier alpha value is -3.56. The van der Waals surface area contributed by atoms with Crippen LogP contribution in [-0.4, -0.2) is 166 Å². The van der Waals surface area contributed by atoms with E-state index in [4.69, 9.17) is 56.3 Å². The topological polar surface area (TPSA) is 174 Å². The summed E-state index contributed by atoms with van der Waals surface area (Å²) < 4.78 is 89.5. The van der Waals surface area contributed by atoms with Gasteiger partial charge in [0.2, 0.25) is 0 Å². The maximum atomic E-state index is 12.3. The highest BCUT2D eigenvalue weighted by Crippen LogP contribution is 2.44. The number of alkyl carbamates (subject to hydrolysis) is 1. The molecule has 1 aliphatic carbocycles. The van der Waals surface area contributed by atoms with Gasteiger partial charge in [-0.2, -0.15) is 8.42 Å². The number of rotatable bonds is 37. The second-order valence-electron chi connectivity index (χ2n) is 13.5. The van der Waals surface area contributed by atoms with Gasteiger partial charge < -0.3 is 57.4 Å². The van der Waals surface area contributed by atoms with Crippen LogP contribution >= 0.6 is 0 Å². The van der Waals surface area contributed by atoms with E-state index in [1.807, 2.05) is 31.2 Å². The number of carbonyl (C=O) groups excluding carboxylic acids is 1. The Kier molecular flexibility index (Phi) is 25.7. The lowest BCUT2D eigenvalue weighted by molar-refractivity contribution is -0.0266. The lowest BCUT2D eigenvalue weighted by Gasteiger charge is -2.14. The Morgan fingerprint density at radius 3 is 1.21 bits per heavy atom. The quantitative estimate of drug-likeness (QED) is 0.0637. The van der Waals surface area contributed by atoms with E-state index < -0.39 is 16.2 Å². The molecule has 0 radical (unpaired) electrons. The largest absolute Gasteiger partial charge is 0.449 e. The van der Waals surface area contributed by atoms with Gasteiger partial charge in [-0.05, 0) is 41.3 Å². The SMILES string of the molecule is Cc1ccc(S(=O)(=O)OCCOCCOCCOCCOCCOCCOCCOCCOCCOCCOCCNC(=O)OCC2c3ccccc3-c3ccccc32)cc1. The van der Waals surface area contributed by atoms with Crippen LogP contribution in [0.4, 0.5) is 4.79 Å². The minimum Gasteiger partial charge on any atom is -0.449 e. The second-order valence-corrected chi connectivity index (χ2v) is 15.1. The van der Waals surface area contributed by atoms with Crippen molar-refractivity contribution in [1.29, 1.82) is 0 Å². The fraction of sp³-hybridized carbons (Fsp3) is 0.568. The van der Waals surface area contributed by atoms with Crippen LogP contribution in [0, 0.1) is 6.92 Å². The molecule has 61 heavy (non-hydrogen) atoms. The fourth-order valence-electron chi connectivity index (χ4n) is 5.93. The lowest BCUT2D eigenvalue weighted by atomic mass is 9.98. The number of aryl methyl sites for hydroxylation is 1. The van der Waals surface area contributed by atoms with Crippen LogP contribution in [-0.2, 0) is 66.4 Å². The van der Waals surface area contributed by atoms with E-state index in [2.05, 4.69) is 29.6 Å². The third-order valence-corrected chi connectivity index (χ3v) is 10.3. The Morgan fingerprint density at radius 2 is 0.820 bits per heavy atom. The van der Waals surface area contributed by atoms with Crippen molar-refractivity contribution in [3.63, 3.8) is 0 Å². The molecule has 0 bridgehead atoms. The van der Waals surface area contributed by atoms with Gasteiger partial charge in [0.25, 0.3) is 10.1 Å². The summed E-state index contributed by atoms with van der Waals surface area (Å²) in [6.45, 7) is 10.8.